The minimum Gasteiger partial charge on any atom is -0.442 e. The number of urea groups is 1. The van der Waals surface area contributed by atoms with E-state index in [-0.39, 0.29) is 6.04 Å². The zero-order chi connectivity index (χ0) is 19.1. The largest absolute Gasteiger partial charge is 0.442 e. The molecule has 2 heterocycles. The van der Waals surface area contributed by atoms with Crippen molar-refractivity contribution in [3.63, 3.8) is 0 Å². The van der Waals surface area contributed by atoms with Gasteiger partial charge in [0.05, 0.1) is 6.04 Å². The summed E-state index contributed by atoms with van der Waals surface area (Å²) in [5.41, 5.74) is -0.114. The fourth-order valence-electron chi connectivity index (χ4n) is 3.22. The maximum Gasteiger partial charge on any atom is 0.430 e. The summed E-state index contributed by atoms with van der Waals surface area (Å²) < 4.78 is 5.50. The monoisotopic (exact) mass is 359 g/mol. The Morgan fingerprint density at radius 2 is 1.85 bits per heavy atom. The molecule has 0 bridgehead atoms. The molecule has 3 rings (SSSR count). The first-order chi connectivity index (χ1) is 12.2. The number of fused-ring (bicyclic) bond motifs is 1. The average molecular weight is 359 g/mol. The zero-order valence-corrected chi connectivity index (χ0v) is 15.5. The third-order valence-electron chi connectivity index (χ3n) is 4.36. The van der Waals surface area contributed by atoms with Gasteiger partial charge in [-0.1, -0.05) is 37.3 Å². The van der Waals surface area contributed by atoms with E-state index in [0.29, 0.717) is 12.1 Å². The van der Waals surface area contributed by atoms with Crippen LogP contribution in [-0.2, 0) is 4.74 Å². The van der Waals surface area contributed by atoms with Gasteiger partial charge in [-0.3, -0.25) is 4.90 Å². The van der Waals surface area contributed by atoms with Gasteiger partial charge >= 0.3 is 12.1 Å². The molecule has 0 aromatic heterocycles. The van der Waals surface area contributed by atoms with Crippen LogP contribution in [0.15, 0.2) is 42.5 Å². The van der Waals surface area contributed by atoms with Crippen LogP contribution < -0.4 is 4.90 Å². The van der Waals surface area contributed by atoms with E-state index in [9.17, 15) is 14.7 Å². The lowest BCUT2D eigenvalue weighted by molar-refractivity contribution is -0.0588. The standard InChI is InChI=1S/C19H25N3O4/c1-5-13-11-12-15-16(23)20(14-9-7-6-8-10-14)17(24)22(15)21(13)18(25)26-19(2,3)4/h6-13,15-16,23H,5H2,1-4H3/t13-,15-,16-/m1/s1. The van der Waals surface area contributed by atoms with Crippen LogP contribution in [0.2, 0.25) is 0 Å². The topological polar surface area (TPSA) is 73.3 Å². The Morgan fingerprint density at radius 3 is 2.42 bits per heavy atom. The van der Waals surface area contributed by atoms with Gasteiger partial charge in [-0.2, -0.15) is 0 Å². The van der Waals surface area contributed by atoms with Gasteiger partial charge in [0.1, 0.15) is 11.6 Å². The first-order valence-corrected chi connectivity index (χ1v) is 8.80. The van der Waals surface area contributed by atoms with Crippen molar-refractivity contribution in [2.45, 2.75) is 58.0 Å². The van der Waals surface area contributed by atoms with E-state index in [2.05, 4.69) is 0 Å². The van der Waals surface area contributed by atoms with E-state index in [1.165, 1.54) is 14.9 Å². The number of anilines is 1. The third-order valence-corrected chi connectivity index (χ3v) is 4.36. The number of aliphatic hydroxyl groups is 1. The fourth-order valence-corrected chi connectivity index (χ4v) is 3.22. The van der Waals surface area contributed by atoms with Crippen molar-refractivity contribution in [3.05, 3.63) is 42.5 Å². The first kappa shape index (κ1) is 18.3. The lowest BCUT2D eigenvalue weighted by Crippen LogP contribution is -2.58. The second kappa shape index (κ2) is 6.64. The van der Waals surface area contributed by atoms with E-state index < -0.39 is 30.0 Å². The summed E-state index contributed by atoms with van der Waals surface area (Å²) in [5.74, 6) is 0. The molecule has 3 atom stereocenters. The zero-order valence-electron chi connectivity index (χ0n) is 15.5. The molecule has 140 valence electrons. The first-order valence-electron chi connectivity index (χ1n) is 8.80. The van der Waals surface area contributed by atoms with E-state index in [1.54, 1.807) is 51.1 Å². The quantitative estimate of drug-likeness (QED) is 0.824. The van der Waals surface area contributed by atoms with Gasteiger partial charge in [0.15, 0.2) is 6.23 Å². The number of rotatable bonds is 2. The molecule has 26 heavy (non-hydrogen) atoms. The molecule has 0 saturated carbocycles. The second-order valence-electron chi connectivity index (χ2n) is 7.42. The van der Waals surface area contributed by atoms with E-state index >= 15 is 0 Å². The minimum absolute atomic E-state index is 0.312. The van der Waals surface area contributed by atoms with Crippen molar-refractivity contribution in [1.29, 1.82) is 0 Å². The number of ether oxygens (including phenoxy) is 1. The van der Waals surface area contributed by atoms with Crippen LogP contribution in [0.25, 0.3) is 0 Å². The Hall–Kier alpha value is -2.54. The van der Waals surface area contributed by atoms with Crippen LogP contribution in [0.5, 0.6) is 0 Å². The van der Waals surface area contributed by atoms with Gasteiger partial charge in [0, 0.05) is 5.69 Å². The Labute approximate surface area is 153 Å². The number of nitrogens with zero attached hydrogens (tertiary/aromatic N) is 3. The summed E-state index contributed by atoms with van der Waals surface area (Å²) in [7, 11) is 0. The Bertz CT molecular complexity index is 713. The van der Waals surface area contributed by atoms with Gasteiger partial charge in [-0.25, -0.2) is 19.6 Å². The molecule has 2 aliphatic rings. The van der Waals surface area contributed by atoms with Gasteiger partial charge in [0.25, 0.3) is 0 Å². The van der Waals surface area contributed by atoms with Crippen LogP contribution in [-0.4, -0.2) is 51.2 Å². The number of amides is 3. The highest BCUT2D eigenvalue weighted by molar-refractivity contribution is 5.96. The number of aliphatic hydroxyl groups excluding tert-OH is 1. The summed E-state index contributed by atoms with van der Waals surface area (Å²) in [6.45, 7) is 7.26. The summed E-state index contributed by atoms with van der Waals surface area (Å²) in [6.07, 6.45) is 2.54. The second-order valence-corrected chi connectivity index (χ2v) is 7.42. The van der Waals surface area contributed by atoms with Gasteiger partial charge in [-0.15, -0.1) is 0 Å². The molecule has 0 aliphatic carbocycles. The van der Waals surface area contributed by atoms with Gasteiger partial charge in [-0.05, 0) is 39.3 Å². The molecule has 1 aromatic rings. The number of para-hydroxylation sites is 1. The molecule has 0 spiro atoms. The van der Waals surface area contributed by atoms with Crippen LogP contribution in [0.1, 0.15) is 34.1 Å². The minimum atomic E-state index is -1.09. The molecule has 7 nitrogen and oxygen atoms in total. The molecular formula is C19H25N3O4. The number of benzene rings is 1. The molecule has 2 aliphatic heterocycles. The van der Waals surface area contributed by atoms with E-state index in [0.717, 1.165) is 0 Å². The molecule has 0 radical (unpaired) electrons. The summed E-state index contributed by atoms with van der Waals surface area (Å²) in [4.78, 5) is 27.2. The van der Waals surface area contributed by atoms with Gasteiger partial charge < -0.3 is 9.84 Å². The molecule has 1 fully saturated rings. The Morgan fingerprint density at radius 1 is 1.19 bits per heavy atom. The smallest absolute Gasteiger partial charge is 0.430 e. The maximum absolute atomic E-state index is 13.1. The number of hydrogen-bond donors (Lipinski definition) is 1. The predicted octanol–water partition coefficient (Wildman–Crippen LogP) is 3.12. The van der Waals surface area contributed by atoms with Crippen molar-refractivity contribution < 1.29 is 19.4 Å². The number of hydrazine groups is 1. The predicted molar refractivity (Wildman–Crippen MR) is 97.2 cm³/mol. The molecule has 1 saturated heterocycles. The molecule has 0 unspecified atom stereocenters. The lowest BCUT2D eigenvalue weighted by Gasteiger charge is -2.41. The van der Waals surface area contributed by atoms with E-state index in [1.807, 2.05) is 19.1 Å². The number of carbonyl (C=O) groups excluding carboxylic acids is 2. The average Bonchev–Trinajstić information content (AvgIpc) is 2.84. The normalized spacial score (nSPS) is 25.5. The van der Waals surface area contributed by atoms with Crippen LogP contribution >= 0.6 is 0 Å². The SMILES string of the molecule is CC[C@@H]1C=C[C@@H]2[C@@H](O)N(c3ccccc3)C(=O)N2N1C(=O)OC(C)(C)C. The Kier molecular flexibility index (Phi) is 4.66. The third kappa shape index (κ3) is 3.14. The number of carbonyl (C=O) groups is 2. The molecule has 7 heteroatoms. The van der Waals surface area contributed by atoms with Crippen molar-refractivity contribution in [3.8, 4) is 0 Å². The Balaban J connectivity index is 1.97. The molecule has 3 amide bonds. The van der Waals surface area contributed by atoms with Crippen LogP contribution in [0, 0.1) is 0 Å². The number of hydrogen-bond acceptors (Lipinski definition) is 4. The van der Waals surface area contributed by atoms with Gasteiger partial charge in [0.2, 0.25) is 0 Å². The van der Waals surface area contributed by atoms with E-state index in [4.69, 9.17) is 4.74 Å². The highest BCUT2D eigenvalue weighted by Crippen LogP contribution is 2.34. The van der Waals surface area contributed by atoms with Crippen LogP contribution in [0.3, 0.4) is 0 Å². The maximum atomic E-state index is 13.1. The van der Waals surface area contributed by atoms with Crippen molar-refractivity contribution in [2.75, 3.05) is 4.90 Å². The molecule has 1 aromatic carbocycles. The van der Waals surface area contributed by atoms with Crippen LogP contribution in [0.4, 0.5) is 15.3 Å². The fraction of sp³-hybridized carbons (Fsp3) is 0.474. The highest BCUT2D eigenvalue weighted by atomic mass is 16.6. The van der Waals surface area contributed by atoms with Crippen molar-refractivity contribution in [2.24, 2.45) is 0 Å². The van der Waals surface area contributed by atoms with Crippen molar-refractivity contribution >= 4 is 17.8 Å². The summed E-state index contributed by atoms with van der Waals surface area (Å²) in [6, 6.07) is 7.50. The lowest BCUT2D eigenvalue weighted by atomic mass is 10.1. The molecular weight excluding hydrogens is 334 g/mol. The summed E-state index contributed by atoms with van der Waals surface area (Å²) >= 11 is 0. The van der Waals surface area contributed by atoms with Crippen molar-refractivity contribution in [1.82, 2.24) is 10.0 Å². The summed E-state index contributed by atoms with van der Waals surface area (Å²) in [5, 5.41) is 13.4. The highest BCUT2D eigenvalue weighted by Gasteiger charge is 2.52. The molecule has 1 N–H and O–H groups in total.